The summed E-state index contributed by atoms with van der Waals surface area (Å²) in [7, 11) is 0. The van der Waals surface area contributed by atoms with Gasteiger partial charge in [-0.05, 0) is 30.7 Å². The van der Waals surface area contributed by atoms with Crippen LogP contribution in [0.15, 0.2) is 33.2 Å². The summed E-state index contributed by atoms with van der Waals surface area (Å²) >= 11 is 3.48. The Labute approximate surface area is 121 Å². The predicted octanol–water partition coefficient (Wildman–Crippen LogP) is 4.02. The number of hydrogen-bond acceptors (Lipinski definition) is 3. The maximum absolute atomic E-state index is 6.10. The normalized spacial score (nSPS) is 23.9. The molecule has 4 heteroatoms. The van der Waals surface area contributed by atoms with E-state index < -0.39 is 0 Å². The van der Waals surface area contributed by atoms with Crippen molar-refractivity contribution in [2.24, 2.45) is 0 Å². The zero-order chi connectivity index (χ0) is 13.2. The van der Waals surface area contributed by atoms with Crippen molar-refractivity contribution >= 4 is 26.9 Å². The van der Waals surface area contributed by atoms with Crippen LogP contribution in [0.1, 0.15) is 31.6 Å². The van der Waals surface area contributed by atoms with E-state index in [4.69, 9.17) is 9.15 Å². The van der Waals surface area contributed by atoms with E-state index >= 15 is 0 Å². The number of halogens is 1. The van der Waals surface area contributed by atoms with Crippen molar-refractivity contribution in [3.05, 3.63) is 34.5 Å². The number of nitrogens with one attached hydrogen (secondary N) is 1. The summed E-state index contributed by atoms with van der Waals surface area (Å²) in [6, 6.07) is 8.14. The lowest BCUT2D eigenvalue weighted by Crippen LogP contribution is -2.40. The van der Waals surface area contributed by atoms with Gasteiger partial charge in [-0.25, -0.2) is 0 Å². The van der Waals surface area contributed by atoms with Crippen molar-refractivity contribution in [2.75, 3.05) is 13.1 Å². The van der Waals surface area contributed by atoms with Crippen LogP contribution in [-0.4, -0.2) is 19.2 Å². The molecule has 0 spiro atoms. The van der Waals surface area contributed by atoms with Crippen LogP contribution in [0.25, 0.3) is 11.0 Å². The van der Waals surface area contributed by atoms with Gasteiger partial charge in [0, 0.05) is 22.9 Å². The predicted molar refractivity (Wildman–Crippen MR) is 79.3 cm³/mol. The molecule has 1 aliphatic heterocycles. The molecule has 2 unspecified atom stereocenters. The van der Waals surface area contributed by atoms with Gasteiger partial charge in [0.05, 0.1) is 6.10 Å². The van der Waals surface area contributed by atoms with Gasteiger partial charge in [-0.3, -0.25) is 0 Å². The van der Waals surface area contributed by atoms with E-state index in [-0.39, 0.29) is 6.10 Å². The van der Waals surface area contributed by atoms with E-state index in [9.17, 15) is 0 Å². The lowest BCUT2D eigenvalue weighted by Gasteiger charge is -2.29. The Bertz CT molecular complexity index is 564. The standard InChI is InChI=1S/C15H18BrNO2/c1-2-3-12-8-17-9-15(18-12)14-7-10-6-11(16)4-5-13(10)19-14/h4-7,12,15,17H,2-3,8-9H2,1H3. The van der Waals surface area contributed by atoms with Crippen LogP contribution in [0, 0.1) is 0 Å². The maximum atomic E-state index is 6.10. The molecule has 3 nitrogen and oxygen atoms in total. The molecular weight excluding hydrogens is 306 g/mol. The summed E-state index contributed by atoms with van der Waals surface area (Å²) in [5.41, 5.74) is 0.916. The van der Waals surface area contributed by atoms with Gasteiger partial charge in [0.25, 0.3) is 0 Å². The SMILES string of the molecule is CCCC1CNCC(c2cc3cc(Br)ccc3o2)O1. The number of morpholine rings is 1. The Morgan fingerprint density at radius 2 is 2.21 bits per heavy atom. The molecule has 102 valence electrons. The molecule has 19 heavy (non-hydrogen) atoms. The Balaban J connectivity index is 1.83. The minimum atomic E-state index is 0.0245. The summed E-state index contributed by atoms with van der Waals surface area (Å²) in [6.45, 7) is 3.95. The highest BCUT2D eigenvalue weighted by molar-refractivity contribution is 9.10. The van der Waals surface area contributed by atoms with E-state index in [0.29, 0.717) is 6.10 Å². The number of rotatable bonds is 3. The fourth-order valence-corrected chi connectivity index (χ4v) is 2.94. The fraction of sp³-hybridized carbons (Fsp3) is 0.467. The van der Waals surface area contributed by atoms with E-state index in [1.54, 1.807) is 0 Å². The molecule has 1 aromatic carbocycles. The summed E-state index contributed by atoms with van der Waals surface area (Å²) in [4.78, 5) is 0. The topological polar surface area (TPSA) is 34.4 Å². The number of ether oxygens (including phenoxy) is 1. The van der Waals surface area contributed by atoms with E-state index in [1.165, 1.54) is 0 Å². The Morgan fingerprint density at radius 1 is 1.32 bits per heavy atom. The quantitative estimate of drug-likeness (QED) is 0.926. The first-order valence-electron chi connectivity index (χ1n) is 6.81. The molecule has 0 saturated carbocycles. The monoisotopic (exact) mass is 323 g/mol. The average molecular weight is 324 g/mol. The third-order valence-electron chi connectivity index (χ3n) is 3.48. The number of furan rings is 1. The highest BCUT2D eigenvalue weighted by Crippen LogP contribution is 2.30. The van der Waals surface area contributed by atoms with Gasteiger partial charge in [-0.2, -0.15) is 0 Å². The molecule has 0 radical (unpaired) electrons. The van der Waals surface area contributed by atoms with Gasteiger partial charge < -0.3 is 14.5 Å². The first-order chi connectivity index (χ1) is 9.26. The van der Waals surface area contributed by atoms with Gasteiger partial charge in [-0.1, -0.05) is 29.3 Å². The van der Waals surface area contributed by atoms with Crippen LogP contribution in [0.4, 0.5) is 0 Å². The lowest BCUT2D eigenvalue weighted by molar-refractivity contribution is -0.0513. The molecule has 2 heterocycles. The van der Waals surface area contributed by atoms with E-state index in [0.717, 1.165) is 47.1 Å². The largest absolute Gasteiger partial charge is 0.458 e. The molecule has 0 bridgehead atoms. The highest BCUT2D eigenvalue weighted by Gasteiger charge is 2.25. The van der Waals surface area contributed by atoms with Gasteiger partial charge in [0.2, 0.25) is 0 Å². The summed E-state index contributed by atoms with van der Waals surface area (Å²) in [5.74, 6) is 0.918. The maximum Gasteiger partial charge on any atom is 0.135 e. The third kappa shape index (κ3) is 2.86. The molecule has 3 rings (SSSR count). The number of fused-ring (bicyclic) bond motifs is 1. The second-order valence-corrected chi connectivity index (χ2v) is 5.94. The Hall–Kier alpha value is -0.840. The zero-order valence-electron chi connectivity index (χ0n) is 11.0. The van der Waals surface area contributed by atoms with Crippen molar-refractivity contribution in [1.29, 1.82) is 0 Å². The van der Waals surface area contributed by atoms with Crippen LogP contribution in [-0.2, 0) is 4.74 Å². The molecule has 2 atom stereocenters. The minimum Gasteiger partial charge on any atom is -0.458 e. The molecule has 2 aromatic rings. The fourth-order valence-electron chi connectivity index (χ4n) is 2.56. The van der Waals surface area contributed by atoms with Gasteiger partial charge in [-0.15, -0.1) is 0 Å². The van der Waals surface area contributed by atoms with Gasteiger partial charge in [0.1, 0.15) is 17.4 Å². The molecule has 1 N–H and O–H groups in total. The molecule has 1 aliphatic rings. The Kier molecular flexibility index (Phi) is 3.91. The average Bonchev–Trinajstić information content (AvgIpc) is 2.82. The summed E-state index contributed by atoms with van der Waals surface area (Å²) in [5, 5.41) is 4.55. The van der Waals surface area contributed by atoms with Crippen LogP contribution in [0.5, 0.6) is 0 Å². The van der Waals surface area contributed by atoms with Crippen molar-refractivity contribution < 1.29 is 9.15 Å². The van der Waals surface area contributed by atoms with Crippen molar-refractivity contribution in [2.45, 2.75) is 32.0 Å². The molecule has 0 amide bonds. The van der Waals surface area contributed by atoms with Crippen molar-refractivity contribution in [3.63, 3.8) is 0 Å². The van der Waals surface area contributed by atoms with Crippen molar-refractivity contribution in [1.82, 2.24) is 5.32 Å². The molecular formula is C15H18BrNO2. The minimum absolute atomic E-state index is 0.0245. The zero-order valence-corrected chi connectivity index (χ0v) is 12.6. The van der Waals surface area contributed by atoms with Crippen LogP contribution < -0.4 is 5.32 Å². The molecule has 1 fully saturated rings. The number of hydrogen-bond donors (Lipinski definition) is 1. The second-order valence-electron chi connectivity index (χ2n) is 5.02. The van der Waals surface area contributed by atoms with Crippen LogP contribution in [0.2, 0.25) is 0 Å². The smallest absolute Gasteiger partial charge is 0.135 e. The van der Waals surface area contributed by atoms with E-state index in [2.05, 4.69) is 40.3 Å². The van der Waals surface area contributed by atoms with E-state index in [1.807, 2.05) is 12.1 Å². The third-order valence-corrected chi connectivity index (χ3v) is 3.98. The Morgan fingerprint density at radius 3 is 3.05 bits per heavy atom. The second kappa shape index (κ2) is 5.65. The first-order valence-corrected chi connectivity index (χ1v) is 7.60. The first kappa shape index (κ1) is 13.2. The highest BCUT2D eigenvalue weighted by atomic mass is 79.9. The van der Waals surface area contributed by atoms with Crippen molar-refractivity contribution in [3.8, 4) is 0 Å². The van der Waals surface area contributed by atoms with Gasteiger partial charge in [0.15, 0.2) is 0 Å². The molecule has 1 saturated heterocycles. The van der Waals surface area contributed by atoms with Crippen LogP contribution >= 0.6 is 15.9 Å². The lowest BCUT2D eigenvalue weighted by atomic mass is 10.1. The van der Waals surface area contributed by atoms with Gasteiger partial charge >= 0.3 is 0 Å². The molecule has 0 aliphatic carbocycles. The summed E-state index contributed by atoms with van der Waals surface area (Å²) < 4.78 is 13.1. The number of benzene rings is 1. The molecule has 1 aromatic heterocycles. The summed E-state index contributed by atoms with van der Waals surface area (Å²) in [6.07, 6.45) is 2.56. The van der Waals surface area contributed by atoms with Crippen LogP contribution in [0.3, 0.4) is 0 Å².